The van der Waals surface area contributed by atoms with Crippen molar-refractivity contribution in [2.75, 3.05) is 5.33 Å². The molecule has 0 aromatic carbocycles. The van der Waals surface area contributed by atoms with Crippen LogP contribution < -0.4 is 0 Å². The van der Waals surface area contributed by atoms with E-state index in [1.807, 2.05) is 0 Å². The molecule has 9 heavy (non-hydrogen) atoms. The average Bonchev–Trinajstić information content (AvgIpc) is 1.84. The van der Waals surface area contributed by atoms with Crippen LogP contribution in [0.2, 0.25) is 0 Å². The topological polar surface area (TPSA) is 0 Å². The van der Waals surface area contributed by atoms with Gasteiger partial charge in [-0.2, -0.15) is 0 Å². The molecule has 0 radical (unpaired) electrons. The molecular weight excluding hydrogens is 176 g/mol. The van der Waals surface area contributed by atoms with Crippen molar-refractivity contribution in [3.05, 3.63) is 0 Å². The zero-order chi connectivity index (χ0) is 7.33. The lowest BCUT2D eigenvalue weighted by Crippen LogP contribution is -2.12. The summed E-state index contributed by atoms with van der Waals surface area (Å²) in [6.07, 6.45) is 4.02. The predicted octanol–water partition coefficient (Wildman–Crippen LogP) is 3.60. The van der Waals surface area contributed by atoms with E-state index in [4.69, 9.17) is 0 Å². The van der Waals surface area contributed by atoms with Gasteiger partial charge in [-0.15, -0.1) is 0 Å². The molecular formula is C8H17Br. The minimum absolute atomic E-state index is 0.510. The fraction of sp³-hybridized carbons (Fsp3) is 1.00. The van der Waals surface area contributed by atoms with Gasteiger partial charge in [0.2, 0.25) is 0 Å². The lowest BCUT2D eigenvalue weighted by molar-refractivity contribution is 0.375. The van der Waals surface area contributed by atoms with E-state index in [1.54, 1.807) is 0 Å². The van der Waals surface area contributed by atoms with E-state index >= 15 is 0 Å². The van der Waals surface area contributed by atoms with Crippen LogP contribution in [-0.4, -0.2) is 5.33 Å². The Hall–Kier alpha value is 0.480. The van der Waals surface area contributed by atoms with Gasteiger partial charge < -0.3 is 0 Å². The Morgan fingerprint density at radius 2 is 1.89 bits per heavy atom. The normalized spacial score (nSPS) is 12.0. The van der Waals surface area contributed by atoms with Gasteiger partial charge in [0.05, 0.1) is 0 Å². The van der Waals surface area contributed by atoms with Crippen LogP contribution in [0.4, 0.5) is 0 Å². The Balaban J connectivity index is 3.33. The number of hydrogen-bond donors (Lipinski definition) is 0. The van der Waals surface area contributed by atoms with Gasteiger partial charge in [-0.1, -0.05) is 49.5 Å². The lowest BCUT2D eigenvalue weighted by atomic mass is 9.90. The molecule has 0 heterocycles. The summed E-state index contributed by atoms with van der Waals surface area (Å²) in [5.74, 6) is 0. The Morgan fingerprint density at radius 1 is 1.33 bits per heavy atom. The van der Waals surface area contributed by atoms with E-state index in [2.05, 4.69) is 36.7 Å². The van der Waals surface area contributed by atoms with Gasteiger partial charge in [-0.3, -0.25) is 0 Å². The van der Waals surface area contributed by atoms with Crippen molar-refractivity contribution >= 4 is 15.9 Å². The van der Waals surface area contributed by atoms with E-state index in [0.29, 0.717) is 5.41 Å². The maximum atomic E-state index is 3.50. The molecule has 0 N–H and O–H groups in total. The van der Waals surface area contributed by atoms with Crippen molar-refractivity contribution in [3.8, 4) is 0 Å². The highest BCUT2D eigenvalue weighted by Crippen LogP contribution is 2.24. The molecule has 0 saturated carbocycles. The summed E-state index contributed by atoms with van der Waals surface area (Å²) in [4.78, 5) is 0. The smallest absolute Gasteiger partial charge is 0.00826 e. The summed E-state index contributed by atoms with van der Waals surface area (Å²) in [5, 5.41) is 1.12. The van der Waals surface area contributed by atoms with E-state index in [9.17, 15) is 0 Å². The van der Waals surface area contributed by atoms with Crippen molar-refractivity contribution in [2.24, 2.45) is 5.41 Å². The van der Waals surface area contributed by atoms with Gasteiger partial charge >= 0.3 is 0 Å². The van der Waals surface area contributed by atoms with Crippen LogP contribution in [0.1, 0.15) is 40.0 Å². The highest BCUT2D eigenvalue weighted by atomic mass is 79.9. The molecule has 0 fully saturated rings. The molecule has 0 aliphatic carbocycles. The number of rotatable bonds is 4. The first-order chi connectivity index (χ1) is 4.12. The summed E-state index contributed by atoms with van der Waals surface area (Å²) in [6, 6.07) is 0. The monoisotopic (exact) mass is 192 g/mol. The summed E-state index contributed by atoms with van der Waals surface area (Å²) in [7, 11) is 0. The molecule has 1 heteroatoms. The summed E-state index contributed by atoms with van der Waals surface area (Å²) < 4.78 is 0. The summed E-state index contributed by atoms with van der Waals surface area (Å²) in [6.45, 7) is 6.85. The van der Waals surface area contributed by atoms with Crippen LogP contribution in [0.3, 0.4) is 0 Å². The van der Waals surface area contributed by atoms with E-state index < -0.39 is 0 Å². The minimum atomic E-state index is 0.510. The molecule has 0 nitrogen and oxygen atoms in total. The fourth-order valence-corrected chi connectivity index (χ4v) is 1.00. The Bertz CT molecular complexity index is 67.0. The third kappa shape index (κ3) is 4.95. The van der Waals surface area contributed by atoms with Crippen molar-refractivity contribution in [2.45, 2.75) is 40.0 Å². The number of unbranched alkanes of at least 4 members (excludes halogenated alkanes) is 1. The van der Waals surface area contributed by atoms with Gasteiger partial charge in [-0.25, -0.2) is 0 Å². The van der Waals surface area contributed by atoms with Crippen molar-refractivity contribution < 1.29 is 0 Å². The molecule has 0 amide bonds. The first-order valence-electron chi connectivity index (χ1n) is 3.68. The second kappa shape index (κ2) is 4.32. The van der Waals surface area contributed by atoms with E-state index in [1.165, 1.54) is 19.3 Å². The van der Waals surface area contributed by atoms with Gasteiger partial charge in [0, 0.05) is 5.33 Å². The van der Waals surface area contributed by atoms with Gasteiger partial charge in [-0.05, 0) is 11.8 Å². The van der Waals surface area contributed by atoms with Crippen molar-refractivity contribution in [1.82, 2.24) is 0 Å². The second-order valence-electron chi connectivity index (χ2n) is 3.40. The van der Waals surface area contributed by atoms with Crippen molar-refractivity contribution in [1.29, 1.82) is 0 Å². The second-order valence-corrected chi connectivity index (χ2v) is 3.96. The average molecular weight is 193 g/mol. The lowest BCUT2D eigenvalue weighted by Gasteiger charge is -2.20. The number of alkyl halides is 1. The van der Waals surface area contributed by atoms with Gasteiger partial charge in [0.1, 0.15) is 0 Å². The zero-order valence-electron chi connectivity index (χ0n) is 6.71. The summed E-state index contributed by atoms with van der Waals surface area (Å²) >= 11 is 3.50. The van der Waals surface area contributed by atoms with E-state index in [-0.39, 0.29) is 0 Å². The standard InChI is InChI=1S/C8H17Br/c1-4-5-6-8(2,3)7-9/h4-7H2,1-3H3. The van der Waals surface area contributed by atoms with Crippen LogP contribution in [0.5, 0.6) is 0 Å². The van der Waals surface area contributed by atoms with Crippen LogP contribution in [0, 0.1) is 5.41 Å². The summed E-state index contributed by atoms with van der Waals surface area (Å²) in [5.41, 5.74) is 0.510. The third-order valence-electron chi connectivity index (χ3n) is 1.57. The van der Waals surface area contributed by atoms with Crippen LogP contribution in [0.15, 0.2) is 0 Å². The predicted molar refractivity (Wildman–Crippen MR) is 47.1 cm³/mol. The quantitative estimate of drug-likeness (QED) is 0.598. The molecule has 0 bridgehead atoms. The van der Waals surface area contributed by atoms with Crippen LogP contribution >= 0.6 is 15.9 Å². The maximum absolute atomic E-state index is 3.50. The maximum Gasteiger partial charge on any atom is 0.00826 e. The molecule has 0 aromatic rings. The molecule has 0 saturated heterocycles. The molecule has 0 rings (SSSR count). The largest absolute Gasteiger partial charge is 0.0922 e. The highest BCUT2D eigenvalue weighted by molar-refractivity contribution is 9.09. The van der Waals surface area contributed by atoms with Gasteiger partial charge in [0.25, 0.3) is 0 Å². The molecule has 0 atom stereocenters. The molecule has 0 aliphatic heterocycles. The first-order valence-corrected chi connectivity index (χ1v) is 4.80. The van der Waals surface area contributed by atoms with E-state index in [0.717, 1.165) is 5.33 Å². The number of hydrogen-bond acceptors (Lipinski definition) is 0. The molecule has 0 spiro atoms. The third-order valence-corrected chi connectivity index (χ3v) is 3.09. The minimum Gasteiger partial charge on any atom is -0.0922 e. The molecule has 56 valence electrons. The van der Waals surface area contributed by atoms with Crippen LogP contribution in [-0.2, 0) is 0 Å². The molecule has 0 unspecified atom stereocenters. The molecule has 0 aromatic heterocycles. The Kier molecular flexibility index (Phi) is 4.55. The Morgan fingerprint density at radius 3 is 2.22 bits per heavy atom. The highest BCUT2D eigenvalue weighted by Gasteiger charge is 2.13. The van der Waals surface area contributed by atoms with Crippen molar-refractivity contribution in [3.63, 3.8) is 0 Å². The number of halogens is 1. The molecule has 0 aliphatic rings. The zero-order valence-corrected chi connectivity index (χ0v) is 8.29. The SMILES string of the molecule is CCCCC(C)(C)CBr. The Labute approximate surface area is 67.2 Å². The van der Waals surface area contributed by atoms with Gasteiger partial charge in [0.15, 0.2) is 0 Å². The first kappa shape index (κ1) is 9.48. The fourth-order valence-electron chi connectivity index (χ4n) is 0.722. The van der Waals surface area contributed by atoms with Crippen LogP contribution in [0.25, 0.3) is 0 Å².